The van der Waals surface area contributed by atoms with E-state index in [0.717, 1.165) is 25.0 Å². The number of hydrogen-bond acceptors (Lipinski definition) is 6. The number of nitro groups is 1. The van der Waals surface area contributed by atoms with E-state index < -0.39 is 31.5 Å². The number of anilines is 2. The van der Waals surface area contributed by atoms with E-state index >= 15 is 0 Å². The van der Waals surface area contributed by atoms with Gasteiger partial charge in [-0.3, -0.25) is 14.8 Å². The van der Waals surface area contributed by atoms with E-state index in [2.05, 4.69) is 11.6 Å². The minimum atomic E-state index is -4.31. The van der Waals surface area contributed by atoms with Crippen LogP contribution in [-0.2, 0) is 10.0 Å². The Morgan fingerprint density at radius 1 is 1.21 bits per heavy atom. The summed E-state index contributed by atoms with van der Waals surface area (Å²) in [5, 5.41) is 20.5. The molecule has 29 heavy (non-hydrogen) atoms. The molecule has 1 fully saturated rings. The third kappa shape index (κ3) is 4.48. The number of rotatable bonds is 6. The monoisotopic (exact) mass is 419 g/mol. The smallest absolute Gasteiger partial charge is 0.335 e. The minimum absolute atomic E-state index is 0.0811. The van der Waals surface area contributed by atoms with Crippen LogP contribution in [0.1, 0.15) is 30.1 Å². The summed E-state index contributed by atoms with van der Waals surface area (Å²) < 4.78 is 28.2. The quantitative estimate of drug-likeness (QED) is 0.542. The fraction of sp³-hybridized carbons (Fsp3) is 0.316. The molecule has 0 aliphatic carbocycles. The number of nitrogens with one attached hydrogen (secondary N) is 1. The third-order valence-electron chi connectivity index (χ3n) is 4.96. The van der Waals surface area contributed by atoms with Gasteiger partial charge in [0.25, 0.3) is 15.7 Å². The Morgan fingerprint density at radius 3 is 2.48 bits per heavy atom. The molecule has 2 N–H and O–H groups in total. The molecule has 0 atom stereocenters. The van der Waals surface area contributed by atoms with Crippen LogP contribution in [0.25, 0.3) is 0 Å². The summed E-state index contributed by atoms with van der Waals surface area (Å²) in [6, 6.07) is 9.24. The summed E-state index contributed by atoms with van der Waals surface area (Å²) in [6.45, 7) is 3.55. The van der Waals surface area contributed by atoms with Crippen LogP contribution in [0.4, 0.5) is 17.1 Å². The largest absolute Gasteiger partial charge is 0.478 e. The zero-order valence-electron chi connectivity index (χ0n) is 15.7. The number of hydrogen-bond donors (Lipinski definition) is 2. The lowest BCUT2D eigenvalue weighted by molar-refractivity contribution is -0.387. The number of carboxylic acids is 1. The summed E-state index contributed by atoms with van der Waals surface area (Å²) in [7, 11) is -4.31. The molecule has 0 bridgehead atoms. The van der Waals surface area contributed by atoms with Crippen LogP contribution >= 0.6 is 0 Å². The number of nitrogens with zero attached hydrogens (tertiary/aromatic N) is 2. The number of sulfonamides is 1. The molecular formula is C19H21N3O6S. The molecule has 0 spiro atoms. The van der Waals surface area contributed by atoms with E-state index in [1.807, 2.05) is 4.90 Å². The molecule has 0 amide bonds. The lowest BCUT2D eigenvalue weighted by atomic mass is 9.98. The Morgan fingerprint density at radius 2 is 1.86 bits per heavy atom. The molecule has 0 radical (unpaired) electrons. The topological polar surface area (TPSA) is 130 Å². The van der Waals surface area contributed by atoms with Gasteiger partial charge in [0.1, 0.15) is 0 Å². The first kappa shape index (κ1) is 20.6. The first-order valence-electron chi connectivity index (χ1n) is 9.07. The molecule has 2 aromatic rings. The molecular weight excluding hydrogens is 398 g/mol. The van der Waals surface area contributed by atoms with Gasteiger partial charge in [0.2, 0.25) is 0 Å². The molecule has 3 rings (SSSR count). The predicted molar refractivity (Wildman–Crippen MR) is 108 cm³/mol. The Balaban J connectivity index is 2.04. The maximum absolute atomic E-state index is 12.9. The maximum atomic E-state index is 12.9. The van der Waals surface area contributed by atoms with Crippen LogP contribution in [0.5, 0.6) is 0 Å². The summed E-state index contributed by atoms with van der Waals surface area (Å²) in [6.07, 6.45) is 1.86. The first-order valence-corrected chi connectivity index (χ1v) is 10.6. The standard InChI is InChI=1S/C19H21N3O6S/c1-13-8-10-21(11-9-13)16-7-6-14(19(23)24)12-15(16)20-29(27,28)18-5-3-2-4-17(18)22(25)26/h2-7,12-13,20H,8-11H2,1H3,(H,23,24). The summed E-state index contributed by atoms with van der Waals surface area (Å²) in [5.41, 5.74) is -0.0104. The number of nitro benzene ring substituents is 1. The highest BCUT2D eigenvalue weighted by Gasteiger charge is 2.27. The van der Waals surface area contributed by atoms with E-state index in [1.165, 1.54) is 24.3 Å². The van der Waals surface area contributed by atoms with Crippen LogP contribution in [0.3, 0.4) is 0 Å². The molecule has 2 aromatic carbocycles. The van der Waals surface area contributed by atoms with Crippen LogP contribution in [-0.4, -0.2) is 37.5 Å². The van der Waals surface area contributed by atoms with Crippen molar-refractivity contribution in [1.29, 1.82) is 0 Å². The molecule has 0 saturated carbocycles. The highest BCUT2D eigenvalue weighted by molar-refractivity contribution is 7.92. The number of carbonyl (C=O) groups is 1. The van der Waals surface area contributed by atoms with Gasteiger partial charge in [0.15, 0.2) is 4.90 Å². The van der Waals surface area contributed by atoms with Crippen molar-refractivity contribution in [3.8, 4) is 0 Å². The van der Waals surface area contributed by atoms with Crippen molar-refractivity contribution in [2.45, 2.75) is 24.7 Å². The van der Waals surface area contributed by atoms with Crippen LogP contribution in [0.15, 0.2) is 47.4 Å². The van der Waals surface area contributed by atoms with Crippen molar-refractivity contribution in [1.82, 2.24) is 0 Å². The number of piperidine rings is 1. The van der Waals surface area contributed by atoms with Crippen molar-refractivity contribution in [2.24, 2.45) is 5.92 Å². The van der Waals surface area contributed by atoms with Crippen molar-refractivity contribution in [3.63, 3.8) is 0 Å². The van der Waals surface area contributed by atoms with Crippen LogP contribution < -0.4 is 9.62 Å². The Hall–Kier alpha value is -3.14. The molecule has 154 valence electrons. The van der Waals surface area contributed by atoms with Crippen LogP contribution in [0, 0.1) is 16.0 Å². The molecule has 1 saturated heterocycles. The van der Waals surface area contributed by atoms with Gasteiger partial charge in [-0.05, 0) is 43.0 Å². The van der Waals surface area contributed by atoms with Crippen molar-refractivity contribution in [3.05, 3.63) is 58.1 Å². The van der Waals surface area contributed by atoms with Crippen molar-refractivity contribution >= 4 is 33.1 Å². The Bertz CT molecular complexity index is 1050. The zero-order chi connectivity index (χ0) is 21.2. The van der Waals surface area contributed by atoms with Gasteiger partial charge in [0.05, 0.1) is 21.9 Å². The second-order valence-corrected chi connectivity index (χ2v) is 8.69. The van der Waals surface area contributed by atoms with E-state index in [9.17, 15) is 28.4 Å². The Kier molecular flexibility index (Phi) is 5.73. The van der Waals surface area contributed by atoms with Gasteiger partial charge in [-0.1, -0.05) is 19.1 Å². The van der Waals surface area contributed by atoms with Gasteiger partial charge < -0.3 is 10.0 Å². The molecule has 9 nitrogen and oxygen atoms in total. The second kappa shape index (κ2) is 8.08. The molecule has 1 aliphatic rings. The van der Waals surface area contributed by atoms with E-state index in [0.29, 0.717) is 24.7 Å². The highest BCUT2D eigenvalue weighted by Crippen LogP contribution is 2.33. The average molecular weight is 419 g/mol. The molecule has 0 unspecified atom stereocenters. The summed E-state index contributed by atoms with van der Waals surface area (Å²) in [5.74, 6) is -0.647. The third-order valence-corrected chi connectivity index (χ3v) is 6.38. The van der Waals surface area contributed by atoms with E-state index in [1.54, 1.807) is 6.07 Å². The van der Waals surface area contributed by atoms with Gasteiger partial charge in [-0.2, -0.15) is 0 Å². The normalized spacial score (nSPS) is 15.1. The summed E-state index contributed by atoms with van der Waals surface area (Å²) in [4.78, 5) is 23.4. The van der Waals surface area contributed by atoms with Crippen molar-refractivity contribution < 1.29 is 23.2 Å². The minimum Gasteiger partial charge on any atom is -0.478 e. The first-order chi connectivity index (χ1) is 13.7. The molecule has 0 aromatic heterocycles. The van der Waals surface area contributed by atoms with E-state index in [-0.39, 0.29) is 11.3 Å². The SMILES string of the molecule is CC1CCN(c2ccc(C(=O)O)cc2NS(=O)(=O)c2ccccc2[N+](=O)[O-])CC1. The lowest BCUT2D eigenvalue weighted by Gasteiger charge is -2.33. The maximum Gasteiger partial charge on any atom is 0.335 e. The Labute approximate surface area is 168 Å². The fourth-order valence-electron chi connectivity index (χ4n) is 3.31. The zero-order valence-corrected chi connectivity index (χ0v) is 16.6. The van der Waals surface area contributed by atoms with Gasteiger partial charge in [-0.15, -0.1) is 0 Å². The highest BCUT2D eigenvalue weighted by atomic mass is 32.2. The second-order valence-electron chi connectivity index (χ2n) is 7.04. The molecule has 1 heterocycles. The number of carboxylic acid groups (broad SMARTS) is 1. The predicted octanol–water partition coefficient (Wildman–Crippen LogP) is 3.33. The number of para-hydroxylation sites is 1. The fourth-order valence-corrected chi connectivity index (χ4v) is 4.55. The van der Waals surface area contributed by atoms with Crippen molar-refractivity contribution in [2.75, 3.05) is 22.7 Å². The average Bonchev–Trinajstić information content (AvgIpc) is 2.68. The van der Waals surface area contributed by atoms with E-state index in [4.69, 9.17) is 0 Å². The van der Waals surface area contributed by atoms with Gasteiger partial charge in [0, 0.05) is 19.2 Å². The number of aromatic carboxylic acids is 1. The molecule has 1 aliphatic heterocycles. The molecule has 10 heteroatoms. The van der Waals surface area contributed by atoms with Crippen LogP contribution in [0.2, 0.25) is 0 Å². The number of benzene rings is 2. The van der Waals surface area contributed by atoms with Gasteiger partial charge >= 0.3 is 5.97 Å². The lowest BCUT2D eigenvalue weighted by Crippen LogP contribution is -2.33. The summed E-state index contributed by atoms with van der Waals surface area (Å²) >= 11 is 0. The van der Waals surface area contributed by atoms with Gasteiger partial charge in [-0.25, -0.2) is 13.2 Å².